The molecule has 0 bridgehead atoms. The summed E-state index contributed by atoms with van der Waals surface area (Å²) in [5, 5.41) is 7.41. The zero-order valence-electron chi connectivity index (χ0n) is 40.9. The summed E-state index contributed by atoms with van der Waals surface area (Å²) < 4.78 is 4.80. The number of rotatable bonds is 9. The lowest BCUT2D eigenvalue weighted by Gasteiger charge is -2.29. The Morgan fingerprint density at radius 1 is 0.278 bits per heavy atom. The molecule has 4 heteroatoms. The molecule has 2 heterocycles. The van der Waals surface area contributed by atoms with E-state index in [1.54, 1.807) is 0 Å². The second-order valence-electron chi connectivity index (χ2n) is 19.3. The lowest BCUT2D eigenvalue weighted by molar-refractivity contribution is 1.17. The Bertz CT molecular complexity index is 4100. The first-order valence-corrected chi connectivity index (χ1v) is 24.9. The standard InChI is InChI=1S/C68H52N4/c1-45-31-35-49(36-32-45)69(51-17-15-19-53(43-51)71-63-27-11-7-21-57(63)58-22-8-12-28-64(58)71)55-39-40-56(47(3)41-55)68-48(4)42-67(61-25-5-6-26-62(61)68)70(50-37-33-46(2)34-38-50)52-18-16-20-54(44-52)72-65-29-13-9-23-59(65)60-24-10-14-30-66(60)72/h5-44H,1-4H3. The maximum Gasteiger partial charge on any atom is 0.0543 e. The van der Waals surface area contributed by atoms with E-state index < -0.39 is 0 Å². The van der Waals surface area contributed by atoms with Crippen molar-refractivity contribution in [2.75, 3.05) is 9.80 Å². The molecule has 0 amide bonds. The SMILES string of the molecule is Cc1ccc(N(c2cccc(-n3c4ccccc4c4ccccc43)c2)c2ccc(-c3c(C)cc(N(c4ccc(C)cc4)c4cccc(-n5c6ccccc6c6ccccc65)c4)c4ccccc34)c(C)c2)cc1. The summed E-state index contributed by atoms with van der Waals surface area (Å²) in [6.07, 6.45) is 0. The van der Waals surface area contributed by atoms with Crippen LogP contribution in [0.2, 0.25) is 0 Å². The van der Waals surface area contributed by atoms with Gasteiger partial charge < -0.3 is 18.9 Å². The van der Waals surface area contributed by atoms with Crippen molar-refractivity contribution >= 4 is 88.5 Å². The number of aryl methyl sites for hydroxylation is 4. The van der Waals surface area contributed by atoms with Gasteiger partial charge in [0.25, 0.3) is 0 Å². The lowest BCUT2D eigenvalue weighted by Crippen LogP contribution is -2.12. The molecule has 11 aromatic carbocycles. The van der Waals surface area contributed by atoms with Crippen molar-refractivity contribution in [3.8, 4) is 22.5 Å². The number of aromatic nitrogens is 2. The van der Waals surface area contributed by atoms with E-state index in [2.05, 4.69) is 289 Å². The van der Waals surface area contributed by atoms with Gasteiger partial charge in [0.15, 0.2) is 0 Å². The van der Waals surface area contributed by atoms with Gasteiger partial charge in [0, 0.05) is 66.7 Å². The molecule has 13 rings (SSSR count). The molecule has 0 spiro atoms. The Balaban J connectivity index is 0.941. The summed E-state index contributed by atoms with van der Waals surface area (Å²) >= 11 is 0. The fraction of sp³-hybridized carbons (Fsp3) is 0.0588. The van der Waals surface area contributed by atoms with Gasteiger partial charge >= 0.3 is 0 Å². The Labute approximate surface area is 420 Å². The highest BCUT2D eigenvalue weighted by Gasteiger charge is 2.23. The molecule has 0 aliphatic rings. The molecule has 4 nitrogen and oxygen atoms in total. The molecule has 72 heavy (non-hydrogen) atoms. The van der Waals surface area contributed by atoms with E-state index >= 15 is 0 Å². The van der Waals surface area contributed by atoms with Crippen molar-refractivity contribution in [1.82, 2.24) is 9.13 Å². The molecule has 0 saturated carbocycles. The number of fused-ring (bicyclic) bond motifs is 7. The van der Waals surface area contributed by atoms with Crippen molar-refractivity contribution in [2.45, 2.75) is 27.7 Å². The van der Waals surface area contributed by atoms with Crippen LogP contribution in [0.25, 0.3) is 76.9 Å². The first kappa shape index (κ1) is 42.9. The van der Waals surface area contributed by atoms with E-state index in [1.807, 2.05) is 0 Å². The average Bonchev–Trinajstić information content (AvgIpc) is 3.94. The summed E-state index contributed by atoms with van der Waals surface area (Å²) in [6, 6.07) is 89.1. The molecule has 0 aliphatic carbocycles. The smallest absolute Gasteiger partial charge is 0.0543 e. The molecule has 0 radical (unpaired) electrons. The highest BCUT2D eigenvalue weighted by atomic mass is 15.2. The van der Waals surface area contributed by atoms with Gasteiger partial charge in [-0.15, -0.1) is 0 Å². The highest BCUT2D eigenvalue weighted by molar-refractivity contribution is 6.11. The summed E-state index contributed by atoms with van der Waals surface area (Å²) in [6.45, 7) is 8.85. The van der Waals surface area contributed by atoms with Crippen molar-refractivity contribution in [2.24, 2.45) is 0 Å². The predicted molar refractivity (Wildman–Crippen MR) is 306 cm³/mol. The molecule has 13 aromatic rings. The van der Waals surface area contributed by atoms with Gasteiger partial charge in [-0.25, -0.2) is 0 Å². The van der Waals surface area contributed by atoms with Crippen LogP contribution in [-0.2, 0) is 0 Å². The van der Waals surface area contributed by atoms with E-state index in [1.165, 1.54) is 87.8 Å². The van der Waals surface area contributed by atoms with Crippen molar-refractivity contribution in [3.05, 3.63) is 265 Å². The number of hydrogen-bond donors (Lipinski definition) is 0. The quantitative estimate of drug-likeness (QED) is 0.143. The topological polar surface area (TPSA) is 16.3 Å². The highest BCUT2D eigenvalue weighted by Crippen LogP contribution is 2.47. The monoisotopic (exact) mass is 924 g/mol. The van der Waals surface area contributed by atoms with Crippen molar-refractivity contribution in [3.63, 3.8) is 0 Å². The zero-order valence-corrected chi connectivity index (χ0v) is 40.9. The van der Waals surface area contributed by atoms with Gasteiger partial charge in [-0.05, 0) is 158 Å². The largest absolute Gasteiger partial charge is 0.310 e. The zero-order chi connectivity index (χ0) is 48.5. The molecule has 0 aliphatic heterocycles. The number of nitrogens with zero attached hydrogens (tertiary/aromatic N) is 4. The molecule has 344 valence electrons. The minimum absolute atomic E-state index is 1.09. The minimum atomic E-state index is 1.09. The number of anilines is 6. The summed E-state index contributed by atoms with van der Waals surface area (Å²) in [5.74, 6) is 0. The van der Waals surface area contributed by atoms with Gasteiger partial charge in [0.05, 0.1) is 27.8 Å². The second kappa shape index (κ2) is 17.4. The van der Waals surface area contributed by atoms with Crippen LogP contribution in [0, 0.1) is 27.7 Å². The molecule has 2 aromatic heterocycles. The molecule has 0 fully saturated rings. The predicted octanol–water partition coefficient (Wildman–Crippen LogP) is 18.9. The third-order valence-electron chi connectivity index (χ3n) is 14.6. The Hall–Kier alpha value is -9.12. The van der Waals surface area contributed by atoms with E-state index in [-0.39, 0.29) is 0 Å². The van der Waals surface area contributed by atoms with Crippen LogP contribution >= 0.6 is 0 Å². The Kier molecular flexibility index (Phi) is 10.4. The third-order valence-corrected chi connectivity index (χ3v) is 14.6. The summed E-state index contributed by atoms with van der Waals surface area (Å²) in [7, 11) is 0. The second-order valence-corrected chi connectivity index (χ2v) is 19.3. The van der Waals surface area contributed by atoms with Gasteiger partial charge in [-0.1, -0.05) is 151 Å². The maximum atomic E-state index is 2.44. The van der Waals surface area contributed by atoms with E-state index in [4.69, 9.17) is 0 Å². The normalized spacial score (nSPS) is 11.6. The van der Waals surface area contributed by atoms with Crippen LogP contribution in [0.1, 0.15) is 22.3 Å². The molecule has 0 saturated heterocycles. The van der Waals surface area contributed by atoms with Gasteiger partial charge in [0.1, 0.15) is 0 Å². The molecular formula is C68H52N4. The van der Waals surface area contributed by atoms with Gasteiger partial charge in [-0.2, -0.15) is 0 Å². The van der Waals surface area contributed by atoms with Gasteiger partial charge in [0.2, 0.25) is 0 Å². The average molecular weight is 925 g/mol. The van der Waals surface area contributed by atoms with E-state index in [9.17, 15) is 0 Å². The summed E-state index contributed by atoms with van der Waals surface area (Å²) in [4.78, 5) is 4.84. The number of para-hydroxylation sites is 4. The fourth-order valence-corrected chi connectivity index (χ4v) is 11.3. The van der Waals surface area contributed by atoms with Crippen LogP contribution in [0.4, 0.5) is 34.1 Å². The number of hydrogen-bond acceptors (Lipinski definition) is 2. The third kappa shape index (κ3) is 7.14. The van der Waals surface area contributed by atoms with E-state index in [0.717, 1.165) is 45.5 Å². The summed E-state index contributed by atoms with van der Waals surface area (Å²) in [5.41, 5.74) is 21.0. The maximum absolute atomic E-state index is 2.44. The Morgan fingerprint density at radius 3 is 1.14 bits per heavy atom. The molecule has 0 N–H and O–H groups in total. The number of benzene rings is 11. The lowest BCUT2D eigenvalue weighted by atomic mass is 9.89. The van der Waals surface area contributed by atoms with Crippen molar-refractivity contribution < 1.29 is 0 Å². The van der Waals surface area contributed by atoms with Crippen LogP contribution in [-0.4, -0.2) is 9.13 Å². The van der Waals surface area contributed by atoms with Gasteiger partial charge in [-0.3, -0.25) is 0 Å². The first-order chi connectivity index (χ1) is 35.4. The van der Waals surface area contributed by atoms with Crippen molar-refractivity contribution in [1.29, 1.82) is 0 Å². The van der Waals surface area contributed by atoms with E-state index in [0.29, 0.717) is 0 Å². The Morgan fingerprint density at radius 2 is 0.667 bits per heavy atom. The van der Waals surface area contributed by atoms with Crippen LogP contribution in [0.3, 0.4) is 0 Å². The molecule has 0 atom stereocenters. The fourth-order valence-electron chi connectivity index (χ4n) is 11.3. The molecule has 0 unspecified atom stereocenters. The minimum Gasteiger partial charge on any atom is -0.310 e. The van der Waals surface area contributed by atoms with Crippen LogP contribution in [0.5, 0.6) is 0 Å². The van der Waals surface area contributed by atoms with Crippen LogP contribution in [0.15, 0.2) is 243 Å². The first-order valence-electron chi connectivity index (χ1n) is 24.9. The van der Waals surface area contributed by atoms with Crippen LogP contribution < -0.4 is 9.80 Å². The molecular weight excluding hydrogens is 873 g/mol.